The fraction of sp³-hybridized carbons (Fsp3) is 0.429. The van der Waals surface area contributed by atoms with Crippen LogP contribution in [0.2, 0.25) is 0 Å². The van der Waals surface area contributed by atoms with Crippen molar-refractivity contribution < 1.29 is 19.4 Å². The number of allylic oxidation sites excluding steroid dienone is 1. The molecule has 18 heavy (non-hydrogen) atoms. The molecular formula is C14H20O4. The second kappa shape index (κ2) is 8.28. The third-order valence-electron chi connectivity index (χ3n) is 2.47. The van der Waals surface area contributed by atoms with Gasteiger partial charge in [0.25, 0.3) is 0 Å². The summed E-state index contributed by atoms with van der Waals surface area (Å²) in [4.78, 5) is 22.8. The van der Waals surface area contributed by atoms with Crippen molar-refractivity contribution in [3.8, 4) is 0 Å². The van der Waals surface area contributed by atoms with Crippen LogP contribution in [0.25, 0.3) is 0 Å². The molecule has 0 saturated heterocycles. The number of aliphatic carboxylic acids is 1. The second-order valence-electron chi connectivity index (χ2n) is 3.95. The van der Waals surface area contributed by atoms with Gasteiger partial charge in [-0.05, 0) is 12.8 Å². The lowest BCUT2D eigenvalue weighted by Gasteiger charge is -2.11. The van der Waals surface area contributed by atoms with E-state index in [1.165, 1.54) is 6.08 Å². The van der Waals surface area contributed by atoms with Crippen LogP contribution in [-0.4, -0.2) is 23.7 Å². The van der Waals surface area contributed by atoms with E-state index in [0.29, 0.717) is 0 Å². The monoisotopic (exact) mass is 252 g/mol. The lowest BCUT2D eigenvalue weighted by molar-refractivity contribution is -0.141. The van der Waals surface area contributed by atoms with Gasteiger partial charge in [-0.25, -0.2) is 9.59 Å². The van der Waals surface area contributed by atoms with Crippen LogP contribution < -0.4 is 0 Å². The number of ether oxygens (including phenoxy) is 1. The van der Waals surface area contributed by atoms with Crippen LogP contribution in [0.5, 0.6) is 0 Å². The fourth-order valence-corrected chi connectivity index (χ4v) is 1.16. The van der Waals surface area contributed by atoms with E-state index in [9.17, 15) is 9.59 Å². The summed E-state index contributed by atoms with van der Waals surface area (Å²) in [5, 5.41) is 8.97. The van der Waals surface area contributed by atoms with Crippen molar-refractivity contribution in [1.29, 1.82) is 0 Å². The lowest BCUT2D eigenvalue weighted by Crippen LogP contribution is -2.15. The van der Waals surface area contributed by atoms with Gasteiger partial charge in [0.1, 0.15) is 0 Å². The van der Waals surface area contributed by atoms with Crippen LogP contribution in [0.4, 0.5) is 0 Å². The molecule has 0 aromatic rings. The first-order valence-electron chi connectivity index (χ1n) is 5.87. The summed E-state index contributed by atoms with van der Waals surface area (Å²) in [6, 6.07) is 0. The molecule has 0 amide bonds. The molecule has 100 valence electrons. The van der Waals surface area contributed by atoms with Gasteiger partial charge < -0.3 is 9.84 Å². The average Bonchev–Trinajstić information content (AvgIpc) is 2.34. The van der Waals surface area contributed by atoms with Gasteiger partial charge in [-0.1, -0.05) is 45.1 Å². The largest absolute Gasteiger partial charge is 0.478 e. The molecule has 1 unspecified atom stereocenters. The number of rotatable bonds is 7. The Morgan fingerprint density at radius 3 is 2.39 bits per heavy atom. The molecule has 0 spiro atoms. The summed E-state index contributed by atoms with van der Waals surface area (Å²) in [5.41, 5.74) is -0.134. The summed E-state index contributed by atoms with van der Waals surface area (Å²) in [6.07, 6.45) is 5.04. The van der Waals surface area contributed by atoms with Gasteiger partial charge in [0.05, 0.1) is 17.8 Å². The number of carbonyl (C=O) groups is 2. The van der Waals surface area contributed by atoms with Gasteiger partial charge in [0.15, 0.2) is 0 Å². The molecule has 4 heteroatoms. The Kier molecular flexibility index (Phi) is 7.43. The predicted octanol–water partition coefficient (Wildman–Crippen LogP) is 2.72. The van der Waals surface area contributed by atoms with Crippen molar-refractivity contribution in [1.82, 2.24) is 0 Å². The van der Waals surface area contributed by atoms with Gasteiger partial charge in [-0.3, -0.25) is 0 Å². The topological polar surface area (TPSA) is 63.6 Å². The van der Waals surface area contributed by atoms with E-state index in [1.54, 1.807) is 13.0 Å². The van der Waals surface area contributed by atoms with Gasteiger partial charge in [0, 0.05) is 0 Å². The highest BCUT2D eigenvalue weighted by atomic mass is 16.5. The van der Waals surface area contributed by atoms with Crippen molar-refractivity contribution >= 4 is 11.9 Å². The minimum absolute atomic E-state index is 0.0169. The maximum Gasteiger partial charge on any atom is 0.339 e. The molecule has 0 heterocycles. The van der Waals surface area contributed by atoms with E-state index >= 15 is 0 Å². The van der Waals surface area contributed by atoms with E-state index in [1.807, 2.05) is 13.8 Å². The minimum atomic E-state index is -1.20. The third kappa shape index (κ3) is 4.99. The Morgan fingerprint density at radius 1 is 1.39 bits per heavy atom. The molecule has 0 aromatic carbocycles. The molecule has 0 saturated carbocycles. The first-order chi connectivity index (χ1) is 8.47. The van der Waals surface area contributed by atoms with Crippen LogP contribution in [0, 0.1) is 5.92 Å². The van der Waals surface area contributed by atoms with E-state index in [0.717, 1.165) is 12.5 Å². The Labute approximate surface area is 108 Å². The normalized spacial score (nSPS) is 13.9. The highest BCUT2D eigenvalue weighted by Gasteiger charge is 2.17. The Hall–Kier alpha value is -1.84. The second-order valence-corrected chi connectivity index (χ2v) is 3.95. The van der Waals surface area contributed by atoms with Crippen molar-refractivity contribution in [2.75, 3.05) is 6.61 Å². The molecule has 0 bridgehead atoms. The minimum Gasteiger partial charge on any atom is -0.478 e. The smallest absolute Gasteiger partial charge is 0.339 e. The molecule has 4 nitrogen and oxygen atoms in total. The van der Waals surface area contributed by atoms with Gasteiger partial charge in [-0.2, -0.15) is 0 Å². The number of carboxylic acids is 1. The molecule has 0 fully saturated rings. The predicted molar refractivity (Wildman–Crippen MR) is 70.1 cm³/mol. The van der Waals surface area contributed by atoms with Crippen molar-refractivity contribution in [3.05, 3.63) is 36.0 Å². The maximum atomic E-state index is 11.8. The van der Waals surface area contributed by atoms with Crippen molar-refractivity contribution in [2.45, 2.75) is 27.2 Å². The molecule has 1 atom stereocenters. The third-order valence-corrected chi connectivity index (χ3v) is 2.47. The molecule has 1 N–H and O–H groups in total. The van der Waals surface area contributed by atoms with E-state index in [-0.39, 0.29) is 23.7 Å². The van der Waals surface area contributed by atoms with Crippen LogP contribution in [0.3, 0.4) is 0 Å². The zero-order valence-electron chi connectivity index (χ0n) is 11.1. The molecule has 0 rings (SSSR count). The molecule has 0 radical (unpaired) electrons. The number of carbonyl (C=O) groups excluding carboxylic acids is 1. The quantitative estimate of drug-likeness (QED) is 0.430. The first-order valence-corrected chi connectivity index (χ1v) is 5.87. The van der Waals surface area contributed by atoms with Crippen molar-refractivity contribution in [3.63, 3.8) is 0 Å². The van der Waals surface area contributed by atoms with E-state index < -0.39 is 11.9 Å². The molecule has 0 aliphatic heterocycles. The van der Waals surface area contributed by atoms with Crippen LogP contribution >= 0.6 is 0 Å². The zero-order valence-corrected chi connectivity index (χ0v) is 11.1. The number of esters is 1. The molecular weight excluding hydrogens is 232 g/mol. The van der Waals surface area contributed by atoms with Gasteiger partial charge in [-0.15, -0.1) is 0 Å². The molecule has 0 aliphatic rings. The summed E-state index contributed by atoms with van der Waals surface area (Å²) in [7, 11) is 0. The van der Waals surface area contributed by atoms with E-state index in [4.69, 9.17) is 9.84 Å². The van der Waals surface area contributed by atoms with E-state index in [2.05, 4.69) is 6.58 Å². The molecule has 0 aromatic heterocycles. The lowest BCUT2D eigenvalue weighted by atomic mass is 10.1. The summed E-state index contributed by atoms with van der Waals surface area (Å²) in [5.74, 6) is -1.58. The van der Waals surface area contributed by atoms with Gasteiger partial charge >= 0.3 is 11.9 Å². The Morgan fingerprint density at radius 2 is 2.00 bits per heavy atom. The standard InChI is InChI=1S/C14H20O4/c1-5-8-12(11(7-3)13(15)16)14(17)18-9-10(4)6-2/h5,7-8,10H,3,6,9H2,1-2,4H3,(H,15,16)/b8-5-,12-11-. The number of hydrogen-bond donors (Lipinski definition) is 1. The van der Waals surface area contributed by atoms with Crippen LogP contribution in [0.1, 0.15) is 27.2 Å². The highest BCUT2D eigenvalue weighted by molar-refractivity contribution is 6.03. The van der Waals surface area contributed by atoms with Crippen LogP contribution in [-0.2, 0) is 14.3 Å². The number of carboxylic acid groups (broad SMARTS) is 1. The zero-order chi connectivity index (χ0) is 14.1. The van der Waals surface area contributed by atoms with Crippen LogP contribution in [0.15, 0.2) is 36.0 Å². The Bertz CT molecular complexity index is 377. The first kappa shape index (κ1) is 16.2. The number of hydrogen-bond acceptors (Lipinski definition) is 3. The summed E-state index contributed by atoms with van der Waals surface area (Å²) < 4.78 is 5.08. The summed E-state index contributed by atoms with van der Waals surface area (Å²) in [6.45, 7) is 9.33. The SMILES string of the molecule is C=C/C(C(=O)O)=C(\C=C/C)C(=O)OCC(C)CC. The summed E-state index contributed by atoms with van der Waals surface area (Å²) >= 11 is 0. The average molecular weight is 252 g/mol. The maximum absolute atomic E-state index is 11.8. The van der Waals surface area contributed by atoms with Gasteiger partial charge in [0.2, 0.25) is 0 Å². The van der Waals surface area contributed by atoms with Crippen molar-refractivity contribution in [2.24, 2.45) is 5.92 Å². The molecule has 0 aliphatic carbocycles. The fourth-order valence-electron chi connectivity index (χ4n) is 1.16. The Balaban J connectivity index is 5.07. The highest BCUT2D eigenvalue weighted by Crippen LogP contribution is 2.12.